The van der Waals surface area contributed by atoms with Gasteiger partial charge in [0.2, 0.25) is 0 Å². The summed E-state index contributed by atoms with van der Waals surface area (Å²) < 4.78 is 13.2. The summed E-state index contributed by atoms with van der Waals surface area (Å²) >= 11 is 0. The third kappa shape index (κ3) is 10.2. The van der Waals surface area contributed by atoms with Gasteiger partial charge < -0.3 is 27.0 Å². The van der Waals surface area contributed by atoms with Crippen molar-refractivity contribution in [1.29, 1.82) is 0 Å². The van der Waals surface area contributed by atoms with Crippen molar-refractivity contribution >= 4 is 35.5 Å². The Balaban J connectivity index is 1.50. The third-order valence-electron chi connectivity index (χ3n) is 6.30. The van der Waals surface area contributed by atoms with Gasteiger partial charge in [-0.2, -0.15) is 0 Å². The number of rotatable bonds is 11. The number of nitrogens with zero attached hydrogens (tertiary/aromatic N) is 3. The number of amides is 2. The number of halogens is 1. The smallest absolute Gasteiger partial charge is 0.319 e. The zero-order valence-electron chi connectivity index (χ0n) is 21.9. The van der Waals surface area contributed by atoms with E-state index in [-0.39, 0.29) is 17.9 Å². The van der Waals surface area contributed by atoms with Gasteiger partial charge in [-0.25, -0.2) is 9.18 Å². The van der Waals surface area contributed by atoms with Crippen molar-refractivity contribution in [3.05, 3.63) is 78.4 Å². The number of anilines is 1. The Morgan fingerprint density at radius 3 is 2.39 bits per heavy atom. The van der Waals surface area contributed by atoms with Crippen LogP contribution in [0.15, 0.2) is 77.0 Å². The van der Waals surface area contributed by atoms with Crippen LogP contribution in [0.25, 0.3) is 0 Å². The second-order valence-corrected chi connectivity index (χ2v) is 9.49. The minimum absolute atomic E-state index is 0.00412. The van der Waals surface area contributed by atoms with Crippen molar-refractivity contribution in [3.8, 4) is 0 Å². The van der Waals surface area contributed by atoms with Crippen molar-refractivity contribution in [2.45, 2.75) is 38.6 Å². The molecule has 1 saturated heterocycles. The van der Waals surface area contributed by atoms with Crippen LogP contribution in [0.2, 0.25) is 0 Å². The van der Waals surface area contributed by atoms with Crippen molar-refractivity contribution < 1.29 is 9.18 Å². The van der Waals surface area contributed by atoms with Gasteiger partial charge in [0.05, 0.1) is 11.4 Å². The summed E-state index contributed by atoms with van der Waals surface area (Å²) in [6.45, 7) is 5.00. The molecule has 2 atom stereocenters. The highest BCUT2D eigenvalue weighted by Gasteiger charge is 2.21. The van der Waals surface area contributed by atoms with E-state index in [0.717, 1.165) is 38.9 Å². The maximum Gasteiger partial charge on any atom is 0.319 e. The van der Waals surface area contributed by atoms with E-state index in [0.29, 0.717) is 23.0 Å². The van der Waals surface area contributed by atoms with E-state index in [2.05, 4.69) is 25.5 Å². The molecule has 0 unspecified atom stereocenters. The van der Waals surface area contributed by atoms with Crippen LogP contribution < -0.4 is 22.1 Å². The molecule has 1 heterocycles. The van der Waals surface area contributed by atoms with Crippen molar-refractivity contribution in [2.24, 2.45) is 27.4 Å². The summed E-state index contributed by atoms with van der Waals surface area (Å²) in [5, 5.41) is 5.91. The molecule has 9 heteroatoms. The van der Waals surface area contributed by atoms with Crippen LogP contribution >= 0.6 is 0 Å². The Hall–Kier alpha value is -3.98. The first-order valence-electron chi connectivity index (χ1n) is 13.0. The Morgan fingerprint density at radius 2 is 1.76 bits per heavy atom. The fourth-order valence-electron chi connectivity index (χ4n) is 4.49. The molecule has 2 aromatic carbocycles. The van der Waals surface area contributed by atoms with Crippen LogP contribution in [0.3, 0.4) is 0 Å². The topological polar surface area (TPSA) is 121 Å². The number of carbonyl (C=O) groups is 1. The van der Waals surface area contributed by atoms with E-state index in [1.807, 2.05) is 19.1 Å². The zero-order chi connectivity index (χ0) is 27.2. The molecular weight excluding hydrogens is 481 g/mol. The number of likely N-dealkylation sites (tertiary alicyclic amines) is 1. The molecule has 1 aliphatic heterocycles. The molecule has 0 bridgehead atoms. The molecular formula is C29H38FN7O. The minimum atomic E-state index is -0.287. The number of nitrogens with one attached hydrogen (secondary N) is 2. The fraction of sp³-hybridized carbons (Fsp3) is 0.345. The van der Waals surface area contributed by atoms with E-state index >= 15 is 0 Å². The van der Waals surface area contributed by atoms with Crippen LogP contribution in [0.4, 0.5) is 26.2 Å². The molecule has 38 heavy (non-hydrogen) atoms. The number of aliphatic imine (C=N–C) groups is 2. The lowest BCUT2D eigenvalue weighted by Gasteiger charge is -2.33. The lowest BCUT2D eigenvalue weighted by atomic mass is 9.91. The molecule has 0 aromatic heterocycles. The standard InChI is InChI=1S/C29H38FN7O/c1-22(10-16-37-15-2-5-24(21-37)17-23-6-8-25(30)9-7-23)35-29(38)36-28-19-26(33-13-3-11-31)18-27(20-28)34-14-4-12-32/h3-4,6-9,11-14,18-20,22,24H,2,5,10,15-17,21,31-32H2,1H3,(H2,35,36,38)/b11-3-,12-4-,33-13?,34-14?/t22-,24+/m1/s1. The molecule has 2 aromatic rings. The van der Waals surface area contributed by atoms with Crippen LogP contribution in [0, 0.1) is 11.7 Å². The van der Waals surface area contributed by atoms with Gasteiger partial charge in [0.25, 0.3) is 0 Å². The SMILES string of the molecule is C[C@H](CCN1CCC[C@@H](Cc2ccc(F)cc2)C1)NC(=O)Nc1cc(N=C/C=C\N)cc(N=C/C=C\N)c1. The minimum Gasteiger partial charge on any atom is -0.405 e. The van der Waals surface area contributed by atoms with E-state index in [1.165, 1.54) is 36.5 Å². The van der Waals surface area contributed by atoms with E-state index in [9.17, 15) is 9.18 Å². The molecule has 2 amide bonds. The quantitative estimate of drug-likeness (QED) is 0.311. The molecule has 3 rings (SSSR count). The normalized spacial score (nSPS) is 17.6. The molecule has 202 valence electrons. The summed E-state index contributed by atoms with van der Waals surface area (Å²) in [5.74, 6) is 0.368. The van der Waals surface area contributed by atoms with Crippen molar-refractivity contribution in [1.82, 2.24) is 10.2 Å². The van der Waals surface area contributed by atoms with Gasteiger partial charge in [-0.15, -0.1) is 0 Å². The predicted octanol–water partition coefficient (Wildman–Crippen LogP) is 5.03. The van der Waals surface area contributed by atoms with Crippen LogP contribution in [0.1, 0.15) is 31.7 Å². The monoisotopic (exact) mass is 519 g/mol. The Bertz CT molecular complexity index is 1100. The summed E-state index contributed by atoms with van der Waals surface area (Å²) in [6, 6.07) is 11.8. The molecule has 1 aliphatic rings. The maximum atomic E-state index is 13.2. The molecule has 0 radical (unpaired) electrons. The highest BCUT2D eigenvalue weighted by Crippen LogP contribution is 2.27. The fourth-order valence-corrected chi connectivity index (χ4v) is 4.49. The number of piperidine rings is 1. The van der Waals surface area contributed by atoms with Gasteiger partial charge in [0.1, 0.15) is 5.82 Å². The Morgan fingerprint density at radius 1 is 1.11 bits per heavy atom. The lowest BCUT2D eigenvalue weighted by Crippen LogP contribution is -2.41. The largest absolute Gasteiger partial charge is 0.405 e. The van der Waals surface area contributed by atoms with Crippen LogP contribution in [-0.4, -0.2) is 49.0 Å². The second-order valence-electron chi connectivity index (χ2n) is 9.49. The number of carbonyl (C=O) groups excluding carboxylic acids is 1. The number of nitrogens with two attached hydrogens (primary N) is 2. The number of allylic oxidation sites excluding steroid dienone is 2. The van der Waals surface area contributed by atoms with Crippen LogP contribution in [0.5, 0.6) is 0 Å². The number of hydrogen-bond donors (Lipinski definition) is 4. The third-order valence-corrected chi connectivity index (χ3v) is 6.30. The molecule has 0 aliphatic carbocycles. The summed E-state index contributed by atoms with van der Waals surface area (Å²) in [4.78, 5) is 23.8. The van der Waals surface area contributed by atoms with Gasteiger partial charge >= 0.3 is 6.03 Å². The van der Waals surface area contributed by atoms with E-state index in [4.69, 9.17) is 11.5 Å². The Labute approximate surface area is 224 Å². The van der Waals surface area contributed by atoms with Crippen molar-refractivity contribution in [3.63, 3.8) is 0 Å². The summed E-state index contributed by atoms with van der Waals surface area (Å²) in [7, 11) is 0. The van der Waals surface area contributed by atoms with E-state index in [1.54, 1.807) is 42.8 Å². The first-order chi connectivity index (χ1) is 18.4. The van der Waals surface area contributed by atoms with Gasteiger partial charge in [-0.05, 0) is 106 Å². The van der Waals surface area contributed by atoms with E-state index < -0.39 is 0 Å². The van der Waals surface area contributed by atoms with Crippen LogP contribution in [-0.2, 0) is 6.42 Å². The summed E-state index contributed by atoms with van der Waals surface area (Å²) in [6.07, 6.45) is 13.3. The Kier molecular flexibility index (Phi) is 11.5. The van der Waals surface area contributed by atoms with Crippen molar-refractivity contribution in [2.75, 3.05) is 25.0 Å². The van der Waals surface area contributed by atoms with Gasteiger partial charge in [0, 0.05) is 37.2 Å². The maximum absolute atomic E-state index is 13.2. The molecule has 6 N–H and O–H groups in total. The highest BCUT2D eigenvalue weighted by molar-refractivity contribution is 5.91. The zero-order valence-corrected chi connectivity index (χ0v) is 21.9. The first kappa shape index (κ1) is 28.6. The average Bonchev–Trinajstić information content (AvgIpc) is 2.89. The number of hydrogen-bond acceptors (Lipinski definition) is 6. The lowest BCUT2D eigenvalue weighted by molar-refractivity contribution is 0.168. The summed E-state index contributed by atoms with van der Waals surface area (Å²) in [5.41, 5.74) is 13.7. The van der Waals surface area contributed by atoms with Gasteiger partial charge in [-0.1, -0.05) is 12.1 Å². The first-order valence-corrected chi connectivity index (χ1v) is 13.0. The molecule has 0 spiro atoms. The van der Waals surface area contributed by atoms with Gasteiger partial charge in [-0.3, -0.25) is 9.98 Å². The molecule has 1 fully saturated rings. The molecule has 8 nitrogen and oxygen atoms in total. The number of urea groups is 1. The second kappa shape index (κ2) is 15.3. The predicted molar refractivity (Wildman–Crippen MR) is 155 cm³/mol. The average molecular weight is 520 g/mol. The molecule has 0 saturated carbocycles. The highest BCUT2D eigenvalue weighted by atomic mass is 19.1. The van der Waals surface area contributed by atoms with Gasteiger partial charge in [0.15, 0.2) is 0 Å². The number of benzene rings is 2.